The fourth-order valence-electron chi connectivity index (χ4n) is 3.02. The number of hydrogen-bond acceptors (Lipinski definition) is 3. The molecular weight excluding hydrogens is 314 g/mol. The first-order valence-corrected chi connectivity index (χ1v) is 9.23. The Morgan fingerprint density at radius 1 is 1.16 bits per heavy atom. The van der Waals surface area contributed by atoms with Gasteiger partial charge in [-0.3, -0.25) is 4.79 Å². The maximum Gasteiger partial charge on any atom is 0.333 e. The van der Waals surface area contributed by atoms with E-state index in [1.54, 1.807) is 0 Å². The average molecular weight is 343 g/mol. The van der Waals surface area contributed by atoms with E-state index in [9.17, 15) is 9.59 Å². The highest BCUT2D eigenvalue weighted by atomic mass is 16.5. The number of likely N-dealkylation sites (tertiary alicyclic amines) is 1. The fourth-order valence-corrected chi connectivity index (χ4v) is 3.02. The summed E-state index contributed by atoms with van der Waals surface area (Å²) >= 11 is 0. The van der Waals surface area contributed by atoms with E-state index in [0.29, 0.717) is 18.4 Å². The van der Waals surface area contributed by atoms with Gasteiger partial charge >= 0.3 is 5.97 Å². The number of hydrogen-bond donors (Lipinski definition) is 0. The predicted octanol–water partition coefficient (Wildman–Crippen LogP) is 4.10. The second kappa shape index (κ2) is 10.0. The molecular formula is C21H29NO3. The van der Waals surface area contributed by atoms with E-state index in [0.717, 1.165) is 37.9 Å². The van der Waals surface area contributed by atoms with Crippen LogP contribution in [0.3, 0.4) is 0 Å². The van der Waals surface area contributed by atoms with E-state index in [1.807, 2.05) is 35.2 Å². The Bertz CT molecular complexity index is 576. The van der Waals surface area contributed by atoms with Crippen molar-refractivity contribution < 1.29 is 14.3 Å². The minimum absolute atomic E-state index is 0.240. The van der Waals surface area contributed by atoms with Gasteiger partial charge in [-0.1, -0.05) is 43.8 Å². The number of carbonyl (C=O) groups excluding carboxylic acids is 2. The molecule has 1 amide bonds. The van der Waals surface area contributed by atoms with Crippen molar-refractivity contribution in [1.82, 2.24) is 4.90 Å². The average Bonchev–Trinajstić information content (AvgIpc) is 2.65. The van der Waals surface area contributed by atoms with Crippen LogP contribution >= 0.6 is 0 Å². The van der Waals surface area contributed by atoms with E-state index in [1.165, 1.54) is 6.42 Å². The summed E-state index contributed by atoms with van der Waals surface area (Å²) in [6.07, 6.45) is 5.35. The van der Waals surface area contributed by atoms with Crippen molar-refractivity contribution in [2.45, 2.75) is 52.1 Å². The van der Waals surface area contributed by atoms with Gasteiger partial charge in [0.05, 0.1) is 0 Å². The van der Waals surface area contributed by atoms with Crippen LogP contribution in [0, 0.1) is 5.92 Å². The van der Waals surface area contributed by atoms with Crippen molar-refractivity contribution >= 4 is 11.9 Å². The molecule has 25 heavy (non-hydrogen) atoms. The maximum absolute atomic E-state index is 12.3. The van der Waals surface area contributed by atoms with Crippen LogP contribution in [0.2, 0.25) is 0 Å². The normalized spacial score (nSPS) is 15.5. The van der Waals surface area contributed by atoms with Gasteiger partial charge in [0.2, 0.25) is 5.91 Å². The molecule has 4 heteroatoms. The largest absolute Gasteiger partial charge is 0.457 e. The standard InChI is InChI=1S/C21H29NO3/c1-17(15-20(23)22-13-7-4-8-14-22)11-12-18(2)21(24)25-16-19-9-5-3-6-10-19/h3,5-6,9-10,17H,2,4,7-8,11-16H2,1H3. The monoisotopic (exact) mass is 343 g/mol. The van der Waals surface area contributed by atoms with Crippen molar-refractivity contribution in [3.8, 4) is 0 Å². The zero-order valence-corrected chi connectivity index (χ0v) is 15.2. The Morgan fingerprint density at radius 2 is 1.84 bits per heavy atom. The Kier molecular flexibility index (Phi) is 7.71. The lowest BCUT2D eigenvalue weighted by Crippen LogP contribution is -2.36. The van der Waals surface area contributed by atoms with Crippen LogP contribution in [0.25, 0.3) is 0 Å². The highest BCUT2D eigenvalue weighted by Gasteiger charge is 2.19. The van der Waals surface area contributed by atoms with Crippen molar-refractivity contribution in [1.29, 1.82) is 0 Å². The Balaban J connectivity index is 1.65. The van der Waals surface area contributed by atoms with Gasteiger partial charge in [-0.25, -0.2) is 4.79 Å². The third-order valence-corrected chi connectivity index (χ3v) is 4.67. The smallest absolute Gasteiger partial charge is 0.333 e. The zero-order chi connectivity index (χ0) is 18.1. The zero-order valence-electron chi connectivity index (χ0n) is 15.2. The second-order valence-electron chi connectivity index (χ2n) is 6.95. The minimum atomic E-state index is -0.349. The summed E-state index contributed by atoms with van der Waals surface area (Å²) in [5, 5.41) is 0. The molecule has 0 N–H and O–H groups in total. The van der Waals surface area contributed by atoms with E-state index < -0.39 is 0 Å². The molecule has 4 nitrogen and oxygen atoms in total. The number of rotatable bonds is 8. The lowest BCUT2D eigenvalue weighted by Gasteiger charge is -2.27. The third kappa shape index (κ3) is 6.73. The number of benzene rings is 1. The molecule has 0 spiro atoms. The van der Waals surface area contributed by atoms with E-state index in [-0.39, 0.29) is 24.4 Å². The topological polar surface area (TPSA) is 46.6 Å². The summed E-state index contributed by atoms with van der Waals surface area (Å²) in [7, 11) is 0. The molecule has 1 aliphatic heterocycles. The van der Waals surface area contributed by atoms with Crippen molar-refractivity contribution in [3.05, 3.63) is 48.0 Å². The van der Waals surface area contributed by atoms with Crippen LogP contribution in [0.5, 0.6) is 0 Å². The van der Waals surface area contributed by atoms with Gasteiger partial charge in [0, 0.05) is 25.1 Å². The molecule has 1 aromatic carbocycles. The molecule has 1 saturated heterocycles. The highest BCUT2D eigenvalue weighted by Crippen LogP contribution is 2.18. The first kappa shape index (κ1) is 19.2. The molecule has 0 aliphatic carbocycles. The summed E-state index contributed by atoms with van der Waals surface area (Å²) in [5.74, 6) is 0.135. The Morgan fingerprint density at radius 3 is 2.52 bits per heavy atom. The van der Waals surface area contributed by atoms with Gasteiger partial charge in [-0.15, -0.1) is 0 Å². The number of amides is 1. The first-order chi connectivity index (χ1) is 12.1. The lowest BCUT2D eigenvalue weighted by molar-refractivity contribution is -0.140. The summed E-state index contributed by atoms with van der Waals surface area (Å²) < 4.78 is 5.28. The van der Waals surface area contributed by atoms with Gasteiger partial charge in [0.15, 0.2) is 0 Å². The summed E-state index contributed by atoms with van der Waals surface area (Å²) in [6, 6.07) is 9.60. The summed E-state index contributed by atoms with van der Waals surface area (Å²) in [6.45, 7) is 7.95. The number of nitrogens with zero attached hydrogens (tertiary/aromatic N) is 1. The lowest BCUT2D eigenvalue weighted by atomic mass is 9.97. The van der Waals surface area contributed by atoms with Gasteiger partial charge < -0.3 is 9.64 Å². The van der Waals surface area contributed by atoms with Crippen LogP contribution in [0.15, 0.2) is 42.5 Å². The highest BCUT2D eigenvalue weighted by molar-refractivity contribution is 5.87. The summed E-state index contributed by atoms with van der Waals surface area (Å²) in [5.41, 5.74) is 1.44. The molecule has 1 aromatic rings. The number of esters is 1. The van der Waals surface area contributed by atoms with Crippen molar-refractivity contribution in [2.75, 3.05) is 13.1 Å². The number of piperidine rings is 1. The van der Waals surface area contributed by atoms with Gasteiger partial charge in [0.25, 0.3) is 0 Å². The molecule has 0 saturated carbocycles. The maximum atomic E-state index is 12.3. The molecule has 0 bridgehead atoms. The molecule has 1 unspecified atom stereocenters. The quantitative estimate of drug-likeness (QED) is 0.527. The number of carbonyl (C=O) groups is 2. The van der Waals surface area contributed by atoms with Crippen LogP contribution in [-0.2, 0) is 20.9 Å². The molecule has 1 fully saturated rings. The molecule has 1 atom stereocenters. The van der Waals surface area contributed by atoms with Gasteiger partial charge in [0.1, 0.15) is 6.61 Å². The molecule has 1 heterocycles. The van der Waals surface area contributed by atoms with Gasteiger partial charge in [-0.2, -0.15) is 0 Å². The first-order valence-electron chi connectivity index (χ1n) is 9.23. The van der Waals surface area contributed by atoms with Crippen LogP contribution in [0.1, 0.15) is 51.0 Å². The number of ether oxygens (including phenoxy) is 1. The van der Waals surface area contributed by atoms with Crippen molar-refractivity contribution in [2.24, 2.45) is 5.92 Å². The van der Waals surface area contributed by atoms with Crippen LogP contribution in [0.4, 0.5) is 0 Å². The van der Waals surface area contributed by atoms with Crippen molar-refractivity contribution in [3.63, 3.8) is 0 Å². The molecule has 2 rings (SSSR count). The SMILES string of the molecule is C=C(CCC(C)CC(=O)N1CCCCC1)C(=O)OCc1ccccc1. The Hall–Kier alpha value is -2.10. The van der Waals surface area contributed by atoms with E-state index in [4.69, 9.17) is 4.74 Å². The fraction of sp³-hybridized carbons (Fsp3) is 0.524. The predicted molar refractivity (Wildman–Crippen MR) is 98.8 cm³/mol. The van der Waals surface area contributed by atoms with E-state index >= 15 is 0 Å². The summed E-state index contributed by atoms with van der Waals surface area (Å²) in [4.78, 5) is 26.2. The van der Waals surface area contributed by atoms with Gasteiger partial charge in [-0.05, 0) is 43.6 Å². The van der Waals surface area contributed by atoms with Crippen LogP contribution < -0.4 is 0 Å². The Labute approximate surface area is 150 Å². The molecule has 136 valence electrons. The molecule has 0 aromatic heterocycles. The van der Waals surface area contributed by atoms with E-state index in [2.05, 4.69) is 13.5 Å². The van der Waals surface area contributed by atoms with Crippen LogP contribution in [-0.4, -0.2) is 29.9 Å². The minimum Gasteiger partial charge on any atom is -0.457 e. The second-order valence-corrected chi connectivity index (χ2v) is 6.95. The molecule has 0 radical (unpaired) electrons. The third-order valence-electron chi connectivity index (χ3n) is 4.67. The molecule has 1 aliphatic rings.